The number of hydrogen-bond donors (Lipinski definition) is 2. The third kappa shape index (κ3) is 3.40. The molecule has 2 heterocycles. The molecule has 2 aromatic heterocycles. The minimum Gasteiger partial charge on any atom is -0.365 e. The molecule has 0 aliphatic carbocycles. The lowest BCUT2D eigenvalue weighted by Gasteiger charge is -2.03. The molecule has 0 saturated carbocycles. The van der Waals surface area contributed by atoms with E-state index in [1.165, 1.54) is 18.2 Å². The van der Waals surface area contributed by atoms with Crippen molar-refractivity contribution >= 4 is 45.0 Å². The highest BCUT2D eigenvalue weighted by Gasteiger charge is 2.18. The highest BCUT2D eigenvalue weighted by Crippen LogP contribution is 2.28. The van der Waals surface area contributed by atoms with E-state index in [1.54, 1.807) is 13.8 Å². The number of primary amides is 1. The molecule has 6 nitrogen and oxygen atoms in total. The summed E-state index contributed by atoms with van der Waals surface area (Å²) in [7, 11) is 0. The number of rotatable bonds is 5. The summed E-state index contributed by atoms with van der Waals surface area (Å²) in [6, 6.07) is 4.16. The summed E-state index contributed by atoms with van der Waals surface area (Å²) in [5.41, 5.74) is 6.20. The number of thiophene rings is 1. The Kier molecular flexibility index (Phi) is 4.92. The van der Waals surface area contributed by atoms with Gasteiger partial charge in [-0.25, -0.2) is 9.37 Å². The number of carbonyl (C=O) groups excluding carboxylic acids is 2. The van der Waals surface area contributed by atoms with Crippen molar-refractivity contribution in [3.05, 3.63) is 55.9 Å². The van der Waals surface area contributed by atoms with Crippen LogP contribution in [0.1, 0.15) is 31.2 Å². The molecular weight excluding hydrogens is 377 g/mol. The molecule has 0 unspecified atom stereocenters. The lowest BCUT2D eigenvalue weighted by molar-refractivity contribution is 0.1000. The summed E-state index contributed by atoms with van der Waals surface area (Å²) < 4.78 is 13.3. The van der Waals surface area contributed by atoms with Crippen molar-refractivity contribution in [3.63, 3.8) is 0 Å². The zero-order valence-electron chi connectivity index (χ0n) is 13.9. The number of nitrogens with zero attached hydrogens (tertiary/aromatic N) is 1. The average molecular weight is 391 g/mol. The quantitative estimate of drug-likeness (QED) is 0.395. The molecule has 3 N–H and O–H groups in total. The Morgan fingerprint density at radius 2 is 2.08 bits per heavy atom. The molecule has 0 aliphatic heterocycles. The smallest absolute Gasteiger partial charge is 0.260 e. The Morgan fingerprint density at radius 1 is 1.35 bits per heavy atom. The minimum atomic E-state index is -0.610. The van der Waals surface area contributed by atoms with E-state index in [9.17, 15) is 18.8 Å². The monoisotopic (exact) mass is 391 g/mol. The maximum atomic E-state index is 13.3. The number of halogens is 1. The number of nitrogens with one attached hydrogen (secondary N) is 1. The van der Waals surface area contributed by atoms with Crippen molar-refractivity contribution in [2.24, 2.45) is 5.73 Å². The molecule has 1 aromatic carbocycles. The third-order valence-corrected chi connectivity index (χ3v) is 5.90. The van der Waals surface area contributed by atoms with Gasteiger partial charge in [-0.2, -0.15) is 0 Å². The SMILES string of the molecule is Cc1cc(C(=O)CSc2nc3sc(C(N)=O)c(C)c3c(=O)[nH]2)ccc1F. The van der Waals surface area contributed by atoms with E-state index in [4.69, 9.17) is 5.73 Å². The van der Waals surface area contributed by atoms with E-state index in [0.717, 1.165) is 23.1 Å². The van der Waals surface area contributed by atoms with Crippen LogP contribution >= 0.6 is 23.1 Å². The number of aryl methyl sites for hydroxylation is 2. The largest absolute Gasteiger partial charge is 0.365 e. The van der Waals surface area contributed by atoms with Gasteiger partial charge < -0.3 is 10.7 Å². The van der Waals surface area contributed by atoms with E-state index in [-0.39, 0.29) is 32.9 Å². The molecule has 0 radical (unpaired) electrons. The van der Waals surface area contributed by atoms with Gasteiger partial charge in [0, 0.05) is 5.56 Å². The predicted octanol–water partition coefficient (Wildman–Crippen LogP) is 2.81. The van der Waals surface area contributed by atoms with Gasteiger partial charge in [-0.1, -0.05) is 11.8 Å². The summed E-state index contributed by atoms with van der Waals surface area (Å²) >= 11 is 2.12. The van der Waals surface area contributed by atoms with E-state index < -0.39 is 5.91 Å². The van der Waals surface area contributed by atoms with Crippen molar-refractivity contribution in [3.8, 4) is 0 Å². The number of H-pyrrole nitrogens is 1. The second kappa shape index (κ2) is 7.00. The predicted molar refractivity (Wildman–Crippen MR) is 99.7 cm³/mol. The normalized spacial score (nSPS) is 11.0. The molecule has 0 aliphatic rings. The number of fused-ring (bicyclic) bond motifs is 1. The van der Waals surface area contributed by atoms with Gasteiger partial charge in [-0.05, 0) is 43.2 Å². The van der Waals surface area contributed by atoms with Crippen molar-refractivity contribution < 1.29 is 14.0 Å². The topological polar surface area (TPSA) is 106 Å². The summed E-state index contributed by atoms with van der Waals surface area (Å²) in [6.45, 7) is 3.23. The maximum Gasteiger partial charge on any atom is 0.260 e. The summed E-state index contributed by atoms with van der Waals surface area (Å²) in [5, 5.41) is 0.598. The first-order chi connectivity index (χ1) is 12.3. The van der Waals surface area contributed by atoms with E-state index >= 15 is 0 Å². The van der Waals surface area contributed by atoms with Gasteiger partial charge in [0.2, 0.25) is 0 Å². The molecule has 9 heteroatoms. The molecule has 0 bridgehead atoms. The first-order valence-corrected chi connectivity index (χ1v) is 9.33. The Labute approximate surface area is 155 Å². The van der Waals surface area contributed by atoms with Gasteiger partial charge in [0.15, 0.2) is 10.9 Å². The lowest BCUT2D eigenvalue weighted by atomic mass is 10.1. The molecule has 0 saturated heterocycles. The van der Waals surface area contributed by atoms with Crippen LogP contribution < -0.4 is 11.3 Å². The van der Waals surface area contributed by atoms with Gasteiger partial charge in [-0.15, -0.1) is 11.3 Å². The molecule has 134 valence electrons. The Morgan fingerprint density at radius 3 is 2.73 bits per heavy atom. The van der Waals surface area contributed by atoms with E-state index in [2.05, 4.69) is 9.97 Å². The first-order valence-electron chi connectivity index (χ1n) is 7.53. The lowest BCUT2D eigenvalue weighted by Crippen LogP contribution is -2.12. The molecule has 1 amide bonds. The molecule has 3 aromatic rings. The minimum absolute atomic E-state index is 0.0343. The van der Waals surface area contributed by atoms with Crippen LogP contribution in [-0.2, 0) is 0 Å². The van der Waals surface area contributed by atoms with E-state index in [1.807, 2.05) is 0 Å². The van der Waals surface area contributed by atoms with E-state index in [0.29, 0.717) is 26.9 Å². The fraction of sp³-hybridized carbons (Fsp3) is 0.176. The fourth-order valence-corrected chi connectivity index (χ4v) is 4.31. The summed E-state index contributed by atoms with van der Waals surface area (Å²) in [5.74, 6) is -1.15. The Hall–Kier alpha value is -2.52. The molecule has 0 spiro atoms. The highest BCUT2D eigenvalue weighted by atomic mass is 32.2. The fourth-order valence-electron chi connectivity index (χ4n) is 2.46. The number of benzene rings is 1. The number of carbonyl (C=O) groups is 2. The Balaban J connectivity index is 1.85. The van der Waals surface area contributed by atoms with Gasteiger partial charge in [-0.3, -0.25) is 14.4 Å². The number of aromatic amines is 1. The number of ketones is 1. The van der Waals surface area contributed by atoms with Crippen LogP contribution in [0.4, 0.5) is 4.39 Å². The van der Waals surface area contributed by atoms with Gasteiger partial charge in [0.25, 0.3) is 11.5 Å². The van der Waals surface area contributed by atoms with Gasteiger partial charge >= 0.3 is 0 Å². The van der Waals surface area contributed by atoms with Crippen LogP contribution in [0, 0.1) is 19.7 Å². The number of amides is 1. The van der Waals surface area contributed by atoms with Crippen molar-refractivity contribution in [2.75, 3.05) is 5.75 Å². The van der Waals surface area contributed by atoms with Crippen LogP contribution in [0.2, 0.25) is 0 Å². The van der Waals surface area contributed by atoms with Crippen LogP contribution in [0.3, 0.4) is 0 Å². The van der Waals surface area contributed by atoms with Crippen molar-refractivity contribution in [1.82, 2.24) is 9.97 Å². The number of aromatic nitrogens is 2. The van der Waals surface area contributed by atoms with Crippen LogP contribution in [-0.4, -0.2) is 27.4 Å². The Bertz CT molecular complexity index is 1100. The molecule has 0 fully saturated rings. The molecule has 26 heavy (non-hydrogen) atoms. The standard InChI is InChI=1S/C17H14FN3O3S2/c1-7-5-9(3-4-10(7)18)11(22)6-25-17-20-15(24)12-8(2)13(14(19)23)26-16(12)21-17/h3-5H,6H2,1-2H3,(H2,19,23)(H,20,21,24). The summed E-state index contributed by atoms with van der Waals surface area (Å²) in [6.07, 6.45) is 0. The number of nitrogens with two attached hydrogens (primary N) is 1. The third-order valence-electron chi connectivity index (χ3n) is 3.82. The molecule has 3 rings (SSSR count). The van der Waals surface area contributed by atoms with Crippen LogP contribution in [0.25, 0.3) is 10.2 Å². The van der Waals surface area contributed by atoms with Crippen molar-refractivity contribution in [1.29, 1.82) is 0 Å². The number of Topliss-reactive ketones (excluding diaryl/α,β-unsaturated/α-hetero) is 1. The average Bonchev–Trinajstić information content (AvgIpc) is 2.92. The van der Waals surface area contributed by atoms with Crippen LogP contribution in [0.5, 0.6) is 0 Å². The highest BCUT2D eigenvalue weighted by molar-refractivity contribution is 7.99. The second-order valence-corrected chi connectivity index (χ2v) is 7.61. The zero-order chi connectivity index (χ0) is 19.0. The maximum absolute atomic E-state index is 13.3. The van der Waals surface area contributed by atoms with Crippen molar-refractivity contribution in [2.45, 2.75) is 19.0 Å². The number of hydrogen-bond acceptors (Lipinski definition) is 6. The molecule has 0 atom stereocenters. The number of thioether (sulfide) groups is 1. The zero-order valence-corrected chi connectivity index (χ0v) is 15.5. The van der Waals surface area contributed by atoms with Crippen LogP contribution in [0.15, 0.2) is 28.2 Å². The second-order valence-electron chi connectivity index (χ2n) is 5.65. The van der Waals surface area contributed by atoms with Gasteiger partial charge in [0.05, 0.1) is 16.0 Å². The van der Waals surface area contributed by atoms with Gasteiger partial charge in [0.1, 0.15) is 10.6 Å². The summed E-state index contributed by atoms with van der Waals surface area (Å²) in [4.78, 5) is 43.6. The first kappa shape index (κ1) is 18.3. The molecular formula is C17H14FN3O3S2.